The van der Waals surface area contributed by atoms with Gasteiger partial charge in [-0.05, 0) is 111 Å². The molecule has 2 nitrogen and oxygen atoms in total. The van der Waals surface area contributed by atoms with Crippen molar-refractivity contribution in [1.82, 2.24) is 4.57 Å². The first-order valence-corrected chi connectivity index (χ1v) is 20.6. The Morgan fingerprint density at radius 1 is 0.300 bits per heavy atom. The van der Waals surface area contributed by atoms with Crippen LogP contribution in [0, 0.1) is 0 Å². The summed E-state index contributed by atoms with van der Waals surface area (Å²) in [7, 11) is 0. The standard InChI is InChI=1S/C58H40N2/c1-4-16-41(17-5-1)43-30-32-44(33-31-43)45-34-36-50(37-35-45)59(51-25-14-21-46(38-51)42-18-6-2-7-19-42)52-26-15-22-47(39-52)55-40-48-20-10-11-27-53(48)58-57(55)54-28-12-13-29-56(54)60(58)49-23-8-3-9-24-49/h1-40H. The number of para-hydroxylation sites is 2. The van der Waals surface area contributed by atoms with Gasteiger partial charge in [-0.3, -0.25) is 0 Å². The minimum Gasteiger partial charge on any atom is -0.310 e. The Bertz CT molecular complexity index is 3270. The molecule has 0 amide bonds. The number of hydrogen-bond donors (Lipinski definition) is 0. The summed E-state index contributed by atoms with van der Waals surface area (Å²) in [5, 5.41) is 4.94. The maximum atomic E-state index is 2.44. The van der Waals surface area contributed by atoms with Crippen LogP contribution in [0.2, 0.25) is 0 Å². The second-order valence-electron chi connectivity index (χ2n) is 15.3. The van der Waals surface area contributed by atoms with Crippen LogP contribution in [0.25, 0.3) is 82.8 Å². The van der Waals surface area contributed by atoms with E-state index in [-0.39, 0.29) is 0 Å². The summed E-state index contributed by atoms with van der Waals surface area (Å²) in [6.45, 7) is 0. The monoisotopic (exact) mass is 764 g/mol. The molecule has 0 aliphatic heterocycles. The fourth-order valence-electron chi connectivity index (χ4n) is 8.91. The van der Waals surface area contributed by atoms with E-state index >= 15 is 0 Å². The van der Waals surface area contributed by atoms with Crippen molar-refractivity contribution < 1.29 is 0 Å². The first-order chi connectivity index (χ1) is 29.8. The van der Waals surface area contributed by atoms with Crippen LogP contribution in [-0.2, 0) is 0 Å². The molecule has 0 saturated carbocycles. The van der Waals surface area contributed by atoms with Crippen molar-refractivity contribution in [3.63, 3.8) is 0 Å². The minimum absolute atomic E-state index is 1.09. The molecule has 0 saturated heterocycles. The molecular formula is C58H40N2. The molecule has 0 spiro atoms. The van der Waals surface area contributed by atoms with E-state index in [1.165, 1.54) is 77.1 Å². The predicted octanol–water partition coefficient (Wildman–Crippen LogP) is 16.1. The van der Waals surface area contributed by atoms with Crippen molar-refractivity contribution in [2.45, 2.75) is 0 Å². The SMILES string of the molecule is c1ccc(-c2ccc(-c3ccc(N(c4cccc(-c5ccccc5)c4)c4cccc(-c5cc6ccccc6c6c5c5ccccc5n6-c5ccccc5)c4)cc3)cc2)cc1. The van der Waals surface area contributed by atoms with E-state index in [9.17, 15) is 0 Å². The molecule has 0 N–H and O–H groups in total. The van der Waals surface area contributed by atoms with Crippen molar-refractivity contribution in [3.05, 3.63) is 243 Å². The molecule has 60 heavy (non-hydrogen) atoms. The summed E-state index contributed by atoms with van der Waals surface area (Å²) < 4.78 is 2.44. The van der Waals surface area contributed by atoms with Gasteiger partial charge in [-0.2, -0.15) is 0 Å². The van der Waals surface area contributed by atoms with Crippen LogP contribution in [0.15, 0.2) is 243 Å². The summed E-state index contributed by atoms with van der Waals surface area (Å²) in [6, 6.07) is 87.8. The van der Waals surface area contributed by atoms with Gasteiger partial charge in [0, 0.05) is 38.9 Å². The van der Waals surface area contributed by atoms with E-state index in [1.54, 1.807) is 0 Å². The number of hydrogen-bond acceptors (Lipinski definition) is 1. The second-order valence-corrected chi connectivity index (χ2v) is 15.3. The highest BCUT2D eigenvalue weighted by Gasteiger charge is 2.21. The third-order valence-electron chi connectivity index (χ3n) is 11.8. The molecule has 11 aromatic rings. The molecule has 0 fully saturated rings. The van der Waals surface area contributed by atoms with Crippen molar-refractivity contribution in [3.8, 4) is 50.2 Å². The number of fused-ring (bicyclic) bond motifs is 5. The average Bonchev–Trinajstić information content (AvgIpc) is 3.68. The maximum absolute atomic E-state index is 2.44. The van der Waals surface area contributed by atoms with E-state index in [0.717, 1.165) is 22.7 Å². The highest BCUT2D eigenvalue weighted by molar-refractivity contribution is 6.24. The maximum Gasteiger partial charge on any atom is 0.0625 e. The summed E-state index contributed by atoms with van der Waals surface area (Å²) in [5.41, 5.74) is 16.4. The van der Waals surface area contributed by atoms with Gasteiger partial charge in [0.1, 0.15) is 0 Å². The number of benzene rings is 10. The lowest BCUT2D eigenvalue weighted by molar-refractivity contribution is 1.19. The highest BCUT2D eigenvalue weighted by Crippen LogP contribution is 2.45. The Balaban J connectivity index is 1.07. The zero-order valence-corrected chi connectivity index (χ0v) is 33.0. The van der Waals surface area contributed by atoms with Gasteiger partial charge in [-0.1, -0.05) is 182 Å². The minimum atomic E-state index is 1.09. The largest absolute Gasteiger partial charge is 0.310 e. The van der Waals surface area contributed by atoms with Crippen LogP contribution in [-0.4, -0.2) is 4.57 Å². The third-order valence-corrected chi connectivity index (χ3v) is 11.8. The van der Waals surface area contributed by atoms with Gasteiger partial charge in [-0.25, -0.2) is 0 Å². The van der Waals surface area contributed by atoms with Gasteiger partial charge < -0.3 is 9.47 Å². The first kappa shape index (κ1) is 35.2. The van der Waals surface area contributed by atoms with E-state index in [1.807, 2.05) is 0 Å². The van der Waals surface area contributed by atoms with Gasteiger partial charge in [0.2, 0.25) is 0 Å². The number of aromatic nitrogens is 1. The van der Waals surface area contributed by atoms with Gasteiger partial charge in [0.25, 0.3) is 0 Å². The zero-order chi connectivity index (χ0) is 39.8. The molecule has 11 rings (SSSR count). The molecule has 2 heteroatoms. The fraction of sp³-hybridized carbons (Fsp3) is 0. The molecule has 0 atom stereocenters. The fourth-order valence-corrected chi connectivity index (χ4v) is 8.91. The topological polar surface area (TPSA) is 8.17 Å². The quantitative estimate of drug-likeness (QED) is 0.150. The van der Waals surface area contributed by atoms with Crippen LogP contribution in [0.3, 0.4) is 0 Å². The smallest absolute Gasteiger partial charge is 0.0625 e. The van der Waals surface area contributed by atoms with E-state index < -0.39 is 0 Å². The number of anilines is 3. The Kier molecular flexibility index (Phi) is 8.87. The van der Waals surface area contributed by atoms with Crippen LogP contribution >= 0.6 is 0 Å². The molecule has 0 aliphatic carbocycles. The second kappa shape index (κ2) is 15.1. The molecular weight excluding hydrogens is 725 g/mol. The molecule has 0 aliphatic rings. The first-order valence-electron chi connectivity index (χ1n) is 20.6. The Hall–Kier alpha value is -7.94. The lowest BCUT2D eigenvalue weighted by atomic mass is 9.94. The molecule has 0 bridgehead atoms. The van der Waals surface area contributed by atoms with Gasteiger partial charge in [0.05, 0.1) is 11.0 Å². The Labute approximate surface area is 350 Å². The zero-order valence-electron chi connectivity index (χ0n) is 33.0. The Morgan fingerprint density at radius 2 is 0.767 bits per heavy atom. The van der Waals surface area contributed by atoms with Crippen LogP contribution in [0.5, 0.6) is 0 Å². The van der Waals surface area contributed by atoms with Crippen molar-refractivity contribution in [2.75, 3.05) is 4.90 Å². The molecule has 1 aromatic heterocycles. The van der Waals surface area contributed by atoms with Crippen LogP contribution < -0.4 is 4.90 Å². The Morgan fingerprint density at radius 3 is 1.42 bits per heavy atom. The van der Waals surface area contributed by atoms with Crippen molar-refractivity contribution in [1.29, 1.82) is 0 Å². The average molecular weight is 765 g/mol. The summed E-state index contributed by atoms with van der Waals surface area (Å²) in [5.74, 6) is 0. The van der Waals surface area contributed by atoms with Gasteiger partial charge in [-0.15, -0.1) is 0 Å². The van der Waals surface area contributed by atoms with E-state index in [2.05, 4.69) is 252 Å². The normalized spacial score (nSPS) is 11.3. The predicted molar refractivity (Wildman–Crippen MR) is 255 cm³/mol. The molecule has 282 valence electrons. The molecule has 10 aromatic carbocycles. The lowest BCUT2D eigenvalue weighted by Crippen LogP contribution is -2.10. The van der Waals surface area contributed by atoms with Crippen LogP contribution in [0.1, 0.15) is 0 Å². The van der Waals surface area contributed by atoms with Crippen molar-refractivity contribution >= 4 is 49.6 Å². The lowest BCUT2D eigenvalue weighted by Gasteiger charge is -2.27. The number of rotatable bonds is 8. The molecule has 1 heterocycles. The highest BCUT2D eigenvalue weighted by atomic mass is 15.1. The van der Waals surface area contributed by atoms with Crippen LogP contribution in [0.4, 0.5) is 17.1 Å². The number of nitrogens with zero attached hydrogens (tertiary/aromatic N) is 2. The van der Waals surface area contributed by atoms with Crippen molar-refractivity contribution in [2.24, 2.45) is 0 Å². The van der Waals surface area contributed by atoms with Gasteiger partial charge >= 0.3 is 0 Å². The van der Waals surface area contributed by atoms with Gasteiger partial charge in [0.15, 0.2) is 0 Å². The summed E-state index contributed by atoms with van der Waals surface area (Å²) in [4.78, 5) is 2.39. The van der Waals surface area contributed by atoms with E-state index in [0.29, 0.717) is 0 Å². The van der Waals surface area contributed by atoms with E-state index in [4.69, 9.17) is 0 Å². The third kappa shape index (κ3) is 6.32. The summed E-state index contributed by atoms with van der Waals surface area (Å²) in [6.07, 6.45) is 0. The summed E-state index contributed by atoms with van der Waals surface area (Å²) >= 11 is 0. The molecule has 0 unspecified atom stereocenters. The molecule has 0 radical (unpaired) electrons.